The second-order valence-electron chi connectivity index (χ2n) is 7.42. The van der Waals surface area contributed by atoms with Gasteiger partial charge in [-0.05, 0) is 29.3 Å². The monoisotopic (exact) mass is 426 g/mol. The average molecular weight is 426 g/mol. The van der Waals surface area contributed by atoms with Crippen LogP contribution in [0.5, 0.6) is 0 Å². The van der Waals surface area contributed by atoms with Crippen molar-refractivity contribution in [3.63, 3.8) is 0 Å². The molecule has 0 aliphatic rings. The van der Waals surface area contributed by atoms with Crippen molar-refractivity contribution in [1.29, 1.82) is 0 Å². The van der Waals surface area contributed by atoms with Gasteiger partial charge in [-0.3, -0.25) is 20.0 Å². The van der Waals surface area contributed by atoms with Gasteiger partial charge in [0.2, 0.25) is 0 Å². The van der Waals surface area contributed by atoms with Gasteiger partial charge in [-0.15, -0.1) is 0 Å². The molecule has 0 aliphatic carbocycles. The van der Waals surface area contributed by atoms with Gasteiger partial charge in [0.15, 0.2) is 5.69 Å². The van der Waals surface area contributed by atoms with Gasteiger partial charge in [-0.25, -0.2) is 4.98 Å². The van der Waals surface area contributed by atoms with Gasteiger partial charge >= 0.3 is 0 Å². The number of carbonyl (C=O) groups excluding carboxylic acids is 1. The largest absolute Gasteiger partial charge is 0.347 e. The molecule has 9 nitrogen and oxygen atoms in total. The first-order valence-corrected chi connectivity index (χ1v) is 9.97. The fourth-order valence-electron chi connectivity index (χ4n) is 3.73. The van der Waals surface area contributed by atoms with Crippen LogP contribution >= 0.6 is 0 Å². The predicted molar refractivity (Wildman–Crippen MR) is 119 cm³/mol. The molecule has 0 spiro atoms. The summed E-state index contributed by atoms with van der Waals surface area (Å²) in [6, 6.07) is 20.2. The number of aromatic amines is 1. The highest BCUT2D eigenvalue weighted by molar-refractivity contribution is 6.05. The third kappa shape index (κ3) is 3.67. The minimum atomic E-state index is -0.497. The first kappa shape index (κ1) is 19.4. The molecule has 1 amide bonds. The fraction of sp³-hybridized carbons (Fsp3) is 0.0870. The Morgan fingerprint density at radius 3 is 2.78 bits per heavy atom. The number of non-ortho nitro benzene ring substituents is 1. The topological polar surface area (TPSA) is 119 Å². The molecule has 0 aliphatic heterocycles. The molecule has 2 heterocycles. The van der Waals surface area contributed by atoms with E-state index >= 15 is 0 Å². The van der Waals surface area contributed by atoms with E-state index < -0.39 is 10.8 Å². The van der Waals surface area contributed by atoms with E-state index in [-0.39, 0.29) is 11.4 Å². The second kappa shape index (κ2) is 7.95. The van der Waals surface area contributed by atoms with Crippen molar-refractivity contribution in [3.8, 4) is 0 Å². The Morgan fingerprint density at radius 2 is 1.91 bits per heavy atom. The Kier molecular flexibility index (Phi) is 4.83. The Labute approximate surface area is 181 Å². The zero-order chi connectivity index (χ0) is 22.1. The molecule has 9 heteroatoms. The average Bonchev–Trinajstić information content (AvgIpc) is 3.42. The molecule has 0 atom stereocenters. The number of nitro benzene ring substituents is 1. The number of benzene rings is 3. The molecule has 0 bridgehead atoms. The Hall–Kier alpha value is -4.53. The number of hydrogen-bond acceptors (Lipinski definition) is 5. The number of fused-ring (bicyclic) bond motifs is 2. The van der Waals surface area contributed by atoms with Gasteiger partial charge in [0.25, 0.3) is 11.6 Å². The number of nitrogens with zero attached hydrogens (tertiary/aromatic N) is 4. The highest BCUT2D eigenvalue weighted by atomic mass is 16.6. The Morgan fingerprint density at radius 1 is 1.06 bits per heavy atom. The summed E-state index contributed by atoms with van der Waals surface area (Å²) in [4.78, 5) is 27.7. The zero-order valence-electron chi connectivity index (χ0n) is 16.9. The normalized spacial score (nSPS) is 11.1. The van der Waals surface area contributed by atoms with Crippen LogP contribution < -0.4 is 5.32 Å². The van der Waals surface area contributed by atoms with Gasteiger partial charge in [0.1, 0.15) is 0 Å². The molecular weight excluding hydrogens is 408 g/mol. The maximum atomic E-state index is 12.7. The number of nitro groups is 1. The van der Waals surface area contributed by atoms with E-state index in [9.17, 15) is 14.9 Å². The van der Waals surface area contributed by atoms with Crippen LogP contribution in [0.2, 0.25) is 0 Å². The molecule has 2 N–H and O–H groups in total. The van der Waals surface area contributed by atoms with Crippen molar-refractivity contribution in [2.24, 2.45) is 0 Å². The summed E-state index contributed by atoms with van der Waals surface area (Å²) in [5.41, 5.74) is 4.63. The van der Waals surface area contributed by atoms with Gasteiger partial charge in [-0.2, -0.15) is 5.10 Å². The molecule has 32 heavy (non-hydrogen) atoms. The van der Waals surface area contributed by atoms with Crippen molar-refractivity contribution < 1.29 is 9.72 Å². The van der Waals surface area contributed by atoms with Crippen LogP contribution in [0.25, 0.3) is 21.9 Å². The molecular formula is C23H18N6O3. The Bertz CT molecular complexity index is 1470. The smallest absolute Gasteiger partial charge is 0.272 e. The number of carbonyl (C=O) groups is 1. The number of rotatable bonds is 6. The molecule has 0 saturated heterocycles. The molecule has 5 aromatic rings. The van der Waals surface area contributed by atoms with Crippen molar-refractivity contribution in [2.75, 3.05) is 0 Å². The summed E-state index contributed by atoms with van der Waals surface area (Å²) < 4.78 is 2.08. The van der Waals surface area contributed by atoms with E-state index in [0.29, 0.717) is 24.0 Å². The number of hydrogen-bond donors (Lipinski definition) is 2. The third-order valence-electron chi connectivity index (χ3n) is 5.30. The van der Waals surface area contributed by atoms with Gasteiger partial charge in [0, 0.05) is 30.6 Å². The minimum absolute atomic E-state index is 0.0901. The molecule has 0 saturated carbocycles. The lowest BCUT2D eigenvalue weighted by Gasteiger charge is -2.08. The number of imidazole rings is 1. The zero-order valence-corrected chi connectivity index (χ0v) is 16.9. The van der Waals surface area contributed by atoms with E-state index in [0.717, 1.165) is 22.2 Å². The summed E-state index contributed by atoms with van der Waals surface area (Å²) in [6.07, 6.45) is 1.82. The molecule has 2 aromatic heterocycles. The van der Waals surface area contributed by atoms with E-state index in [1.807, 2.05) is 54.9 Å². The summed E-state index contributed by atoms with van der Waals surface area (Å²) in [7, 11) is 0. The van der Waals surface area contributed by atoms with Crippen LogP contribution in [0.15, 0.2) is 73.1 Å². The second-order valence-corrected chi connectivity index (χ2v) is 7.42. The lowest BCUT2D eigenvalue weighted by Crippen LogP contribution is -2.23. The molecule has 5 rings (SSSR count). The van der Waals surface area contributed by atoms with Crippen molar-refractivity contribution in [1.82, 2.24) is 25.1 Å². The van der Waals surface area contributed by atoms with Gasteiger partial charge in [-0.1, -0.05) is 36.4 Å². The SMILES string of the molecule is O=C(NCc1cccc(Cn2cnc3ccccc32)c1)c1n[nH]c2ccc([N+](=O)[O-])cc12. The first-order chi connectivity index (χ1) is 15.6. The van der Waals surface area contributed by atoms with Crippen LogP contribution in [0, 0.1) is 10.1 Å². The van der Waals surface area contributed by atoms with Crippen LogP contribution in [0.1, 0.15) is 21.6 Å². The maximum Gasteiger partial charge on any atom is 0.272 e. The Balaban J connectivity index is 1.31. The standard InChI is InChI=1S/C23H18N6O3/c30-23(22-18-11-17(29(31)32)8-9-19(18)26-27-22)24-12-15-4-3-5-16(10-15)13-28-14-25-20-6-1-2-7-21(20)28/h1-11,14H,12-13H2,(H,24,30)(H,26,27). The van der Waals surface area contributed by atoms with Crippen LogP contribution in [0.4, 0.5) is 5.69 Å². The van der Waals surface area contributed by atoms with Gasteiger partial charge < -0.3 is 9.88 Å². The lowest BCUT2D eigenvalue weighted by atomic mass is 10.1. The highest BCUT2D eigenvalue weighted by Gasteiger charge is 2.17. The number of H-pyrrole nitrogens is 1. The minimum Gasteiger partial charge on any atom is -0.347 e. The maximum absolute atomic E-state index is 12.7. The highest BCUT2D eigenvalue weighted by Crippen LogP contribution is 2.22. The summed E-state index contributed by atoms with van der Waals surface area (Å²) in [6.45, 7) is 0.969. The van der Waals surface area contributed by atoms with E-state index in [4.69, 9.17) is 0 Å². The molecule has 0 fully saturated rings. The summed E-state index contributed by atoms with van der Waals surface area (Å²) in [5.74, 6) is -0.400. The van der Waals surface area contributed by atoms with Gasteiger partial charge in [0.05, 0.1) is 27.8 Å². The van der Waals surface area contributed by atoms with Crippen LogP contribution in [-0.4, -0.2) is 30.6 Å². The first-order valence-electron chi connectivity index (χ1n) is 9.97. The molecule has 0 radical (unpaired) electrons. The molecule has 158 valence electrons. The fourth-order valence-corrected chi connectivity index (χ4v) is 3.73. The van der Waals surface area contributed by atoms with Crippen LogP contribution in [-0.2, 0) is 13.1 Å². The summed E-state index contributed by atoms with van der Waals surface area (Å²) >= 11 is 0. The molecule has 3 aromatic carbocycles. The van der Waals surface area contributed by atoms with Crippen molar-refractivity contribution in [2.45, 2.75) is 13.1 Å². The van der Waals surface area contributed by atoms with Crippen LogP contribution in [0.3, 0.4) is 0 Å². The number of aromatic nitrogens is 4. The lowest BCUT2D eigenvalue weighted by molar-refractivity contribution is -0.384. The van der Waals surface area contributed by atoms with E-state index in [1.54, 1.807) is 6.07 Å². The van der Waals surface area contributed by atoms with Crippen molar-refractivity contribution >= 4 is 33.5 Å². The van der Waals surface area contributed by atoms with E-state index in [2.05, 4.69) is 25.1 Å². The van der Waals surface area contributed by atoms with Crippen molar-refractivity contribution in [3.05, 3.63) is 100.0 Å². The number of nitrogens with one attached hydrogen (secondary N) is 2. The quantitative estimate of drug-likeness (QED) is 0.316. The summed E-state index contributed by atoms with van der Waals surface area (Å²) in [5, 5.41) is 21.1. The number of amides is 1. The number of para-hydroxylation sites is 2. The predicted octanol–water partition coefficient (Wildman–Crippen LogP) is 3.80. The third-order valence-corrected chi connectivity index (χ3v) is 5.30. The van der Waals surface area contributed by atoms with E-state index in [1.165, 1.54) is 12.1 Å². The molecule has 0 unspecified atom stereocenters.